The summed E-state index contributed by atoms with van der Waals surface area (Å²) in [7, 11) is 1.73. The first-order chi connectivity index (χ1) is 9.08. The number of aryl methyl sites for hydroxylation is 1. The van der Waals surface area contributed by atoms with Gasteiger partial charge in [0.05, 0.1) is 6.54 Å². The van der Waals surface area contributed by atoms with Gasteiger partial charge >= 0.3 is 0 Å². The van der Waals surface area contributed by atoms with Gasteiger partial charge in [-0.25, -0.2) is 0 Å². The molecule has 0 aliphatic rings. The lowest BCUT2D eigenvalue weighted by Crippen LogP contribution is -2.35. The van der Waals surface area contributed by atoms with E-state index in [1.807, 2.05) is 49.4 Å². The predicted octanol–water partition coefficient (Wildman–Crippen LogP) is 2.25. The summed E-state index contributed by atoms with van der Waals surface area (Å²) in [6, 6.07) is 12.5. The summed E-state index contributed by atoms with van der Waals surface area (Å²) in [5, 5.41) is 0. The second-order valence-corrected chi connectivity index (χ2v) is 4.60. The zero-order valence-corrected chi connectivity index (χ0v) is 11.2. The van der Waals surface area contributed by atoms with E-state index in [0.717, 1.165) is 17.1 Å². The van der Waals surface area contributed by atoms with E-state index >= 15 is 0 Å². The standard InChI is InChI=1S/C15H18N2O2/c1-11-8-9-13(19-11)10-17(2)15(18)14(16)12-6-4-3-5-7-12/h3-9,14H,10,16H2,1-2H3/t14-/m1/s1. The average molecular weight is 258 g/mol. The van der Waals surface area contributed by atoms with Crippen molar-refractivity contribution < 1.29 is 9.21 Å². The number of amides is 1. The fourth-order valence-corrected chi connectivity index (χ4v) is 1.92. The Morgan fingerprint density at radius 2 is 1.95 bits per heavy atom. The van der Waals surface area contributed by atoms with Crippen molar-refractivity contribution in [1.82, 2.24) is 4.90 Å². The molecule has 0 saturated carbocycles. The molecule has 2 rings (SSSR count). The molecule has 1 aromatic heterocycles. The third-order valence-corrected chi connectivity index (χ3v) is 2.99. The summed E-state index contributed by atoms with van der Waals surface area (Å²) < 4.78 is 5.46. The maximum atomic E-state index is 12.2. The summed E-state index contributed by atoms with van der Waals surface area (Å²) in [6.45, 7) is 2.30. The van der Waals surface area contributed by atoms with E-state index in [0.29, 0.717) is 6.54 Å². The second kappa shape index (κ2) is 5.71. The van der Waals surface area contributed by atoms with Crippen molar-refractivity contribution in [3.8, 4) is 0 Å². The molecule has 0 aliphatic heterocycles. The Balaban J connectivity index is 2.03. The summed E-state index contributed by atoms with van der Waals surface area (Å²) in [5.41, 5.74) is 6.79. The van der Waals surface area contributed by atoms with Crippen molar-refractivity contribution in [2.75, 3.05) is 7.05 Å². The molecule has 2 N–H and O–H groups in total. The summed E-state index contributed by atoms with van der Waals surface area (Å²) in [6.07, 6.45) is 0. The molecule has 100 valence electrons. The molecule has 0 bridgehead atoms. The highest BCUT2D eigenvalue weighted by molar-refractivity contribution is 5.82. The molecule has 4 nitrogen and oxygen atoms in total. The zero-order chi connectivity index (χ0) is 13.8. The van der Waals surface area contributed by atoms with Gasteiger partial charge in [0.25, 0.3) is 0 Å². The molecule has 0 fully saturated rings. The van der Waals surface area contributed by atoms with Gasteiger partial charge in [0.1, 0.15) is 17.6 Å². The largest absolute Gasteiger partial charge is 0.464 e. The highest BCUT2D eigenvalue weighted by Crippen LogP contribution is 2.15. The van der Waals surface area contributed by atoms with E-state index in [1.54, 1.807) is 11.9 Å². The Bertz CT molecular complexity index is 548. The van der Waals surface area contributed by atoms with Crippen molar-refractivity contribution >= 4 is 5.91 Å². The van der Waals surface area contributed by atoms with Crippen LogP contribution in [0.5, 0.6) is 0 Å². The molecule has 1 heterocycles. The number of hydrogen-bond donors (Lipinski definition) is 1. The lowest BCUT2D eigenvalue weighted by Gasteiger charge is -2.20. The van der Waals surface area contributed by atoms with Crippen molar-refractivity contribution in [3.05, 3.63) is 59.5 Å². The molecule has 0 saturated heterocycles. The lowest BCUT2D eigenvalue weighted by molar-refractivity contribution is -0.132. The van der Waals surface area contributed by atoms with Gasteiger partial charge < -0.3 is 15.1 Å². The Labute approximate surface area is 112 Å². The number of carbonyl (C=O) groups is 1. The van der Waals surface area contributed by atoms with E-state index in [-0.39, 0.29) is 5.91 Å². The number of furan rings is 1. The number of rotatable bonds is 4. The SMILES string of the molecule is Cc1ccc(CN(C)C(=O)[C@H](N)c2ccccc2)o1. The van der Waals surface area contributed by atoms with Gasteiger partial charge in [-0.2, -0.15) is 0 Å². The Morgan fingerprint density at radius 3 is 2.53 bits per heavy atom. The van der Waals surface area contributed by atoms with Crippen LogP contribution in [0, 0.1) is 6.92 Å². The van der Waals surface area contributed by atoms with E-state index in [9.17, 15) is 4.79 Å². The van der Waals surface area contributed by atoms with Gasteiger partial charge in [0, 0.05) is 7.05 Å². The van der Waals surface area contributed by atoms with Gasteiger partial charge in [-0.15, -0.1) is 0 Å². The molecule has 1 atom stereocenters. The summed E-state index contributed by atoms with van der Waals surface area (Å²) in [4.78, 5) is 13.8. The number of benzene rings is 1. The highest BCUT2D eigenvalue weighted by Gasteiger charge is 2.20. The van der Waals surface area contributed by atoms with Crippen LogP contribution in [-0.4, -0.2) is 17.9 Å². The van der Waals surface area contributed by atoms with Crippen LogP contribution in [0.4, 0.5) is 0 Å². The average Bonchev–Trinajstić information content (AvgIpc) is 2.83. The first-order valence-corrected chi connectivity index (χ1v) is 6.19. The van der Waals surface area contributed by atoms with Crippen LogP contribution in [0.3, 0.4) is 0 Å². The molecule has 1 amide bonds. The van der Waals surface area contributed by atoms with E-state index in [2.05, 4.69) is 0 Å². The summed E-state index contributed by atoms with van der Waals surface area (Å²) in [5.74, 6) is 1.47. The minimum Gasteiger partial charge on any atom is -0.464 e. The zero-order valence-electron chi connectivity index (χ0n) is 11.2. The summed E-state index contributed by atoms with van der Waals surface area (Å²) >= 11 is 0. The molecule has 19 heavy (non-hydrogen) atoms. The number of nitrogens with two attached hydrogens (primary N) is 1. The number of hydrogen-bond acceptors (Lipinski definition) is 3. The van der Waals surface area contributed by atoms with Gasteiger partial charge in [-0.1, -0.05) is 30.3 Å². The Hall–Kier alpha value is -2.07. The number of nitrogens with zero attached hydrogens (tertiary/aromatic N) is 1. The fourth-order valence-electron chi connectivity index (χ4n) is 1.92. The van der Waals surface area contributed by atoms with Crippen LogP contribution in [-0.2, 0) is 11.3 Å². The molecule has 0 radical (unpaired) electrons. The Kier molecular flexibility index (Phi) is 4.02. The predicted molar refractivity (Wildman–Crippen MR) is 73.3 cm³/mol. The van der Waals surface area contributed by atoms with Crippen LogP contribution in [0.2, 0.25) is 0 Å². The third-order valence-electron chi connectivity index (χ3n) is 2.99. The van der Waals surface area contributed by atoms with Crippen LogP contribution in [0.25, 0.3) is 0 Å². The normalized spacial score (nSPS) is 12.2. The lowest BCUT2D eigenvalue weighted by atomic mass is 10.1. The number of carbonyl (C=O) groups excluding carboxylic acids is 1. The molecule has 2 aromatic rings. The molecule has 0 unspecified atom stereocenters. The van der Waals surface area contributed by atoms with Gasteiger partial charge in [-0.05, 0) is 24.6 Å². The molecular weight excluding hydrogens is 240 g/mol. The number of likely N-dealkylation sites (N-methyl/N-ethyl adjacent to an activating group) is 1. The van der Waals surface area contributed by atoms with E-state index in [4.69, 9.17) is 10.2 Å². The molecule has 0 aliphatic carbocycles. The second-order valence-electron chi connectivity index (χ2n) is 4.60. The maximum Gasteiger partial charge on any atom is 0.244 e. The van der Waals surface area contributed by atoms with Gasteiger partial charge in [-0.3, -0.25) is 4.79 Å². The molecule has 1 aromatic carbocycles. The Morgan fingerprint density at radius 1 is 1.26 bits per heavy atom. The minimum absolute atomic E-state index is 0.125. The molecule has 0 spiro atoms. The van der Waals surface area contributed by atoms with E-state index < -0.39 is 6.04 Å². The molecular formula is C15H18N2O2. The van der Waals surface area contributed by atoms with Gasteiger partial charge in [0.15, 0.2) is 0 Å². The van der Waals surface area contributed by atoms with Crippen LogP contribution < -0.4 is 5.73 Å². The quantitative estimate of drug-likeness (QED) is 0.915. The first-order valence-electron chi connectivity index (χ1n) is 6.19. The smallest absolute Gasteiger partial charge is 0.244 e. The maximum absolute atomic E-state index is 12.2. The topological polar surface area (TPSA) is 59.5 Å². The van der Waals surface area contributed by atoms with Crippen molar-refractivity contribution in [3.63, 3.8) is 0 Å². The van der Waals surface area contributed by atoms with Crippen LogP contribution in [0.1, 0.15) is 23.1 Å². The minimum atomic E-state index is -0.637. The van der Waals surface area contributed by atoms with Crippen molar-refractivity contribution in [1.29, 1.82) is 0 Å². The van der Waals surface area contributed by atoms with E-state index in [1.165, 1.54) is 0 Å². The molecule has 4 heteroatoms. The highest BCUT2D eigenvalue weighted by atomic mass is 16.3. The monoisotopic (exact) mass is 258 g/mol. The first kappa shape index (κ1) is 13.4. The fraction of sp³-hybridized carbons (Fsp3) is 0.267. The van der Waals surface area contributed by atoms with Crippen molar-refractivity contribution in [2.45, 2.75) is 19.5 Å². The van der Waals surface area contributed by atoms with Crippen LogP contribution >= 0.6 is 0 Å². The van der Waals surface area contributed by atoms with Crippen molar-refractivity contribution in [2.24, 2.45) is 5.73 Å². The van der Waals surface area contributed by atoms with Crippen LogP contribution in [0.15, 0.2) is 46.9 Å². The van der Waals surface area contributed by atoms with Gasteiger partial charge in [0.2, 0.25) is 5.91 Å². The third kappa shape index (κ3) is 3.23.